The summed E-state index contributed by atoms with van der Waals surface area (Å²) in [7, 11) is 0. The Hall–Kier alpha value is -4.09. The van der Waals surface area contributed by atoms with Gasteiger partial charge in [-0.15, -0.1) is 0 Å². The Balaban J connectivity index is 1.06. The summed E-state index contributed by atoms with van der Waals surface area (Å²) in [4.78, 5) is 48.5. The number of carbonyl (C=O) groups excluding carboxylic acids is 3. The standard InChI is InChI=1S/C38H51N5O6/c1-2-28-25-27(7-8-34(28)45)26-35(36(46)41-18-11-30(12-19-41)29-9-16-40(17-10-29)23-24-44)49-38(48)42-20-14-32(15-21-42)43-22-13-31-5-3-4-6-33(31)39-37(43)47/h2-8,25,29-30,32,35,44-45H,1,9-24,26H2,(H,39,47)/t35-/m1/s1. The average Bonchev–Trinajstić information content (AvgIpc) is 3.30. The number of aliphatic hydroxyl groups excluding tert-OH is 1. The molecule has 0 bridgehead atoms. The van der Waals surface area contributed by atoms with Gasteiger partial charge >= 0.3 is 12.1 Å². The Morgan fingerprint density at radius 3 is 2.29 bits per heavy atom. The number of aliphatic hydroxyl groups is 1. The van der Waals surface area contributed by atoms with Crippen molar-refractivity contribution < 1.29 is 29.3 Å². The minimum atomic E-state index is -0.999. The van der Waals surface area contributed by atoms with Crippen LogP contribution in [0.3, 0.4) is 0 Å². The molecule has 11 nitrogen and oxygen atoms in total. The van der Waals surface area contributed by atoms with Crippen molar-refractivity contribution in [3.63, 3.8) is 0 Å². The van der Waals surface area contributed by atoms with E-state index in [1.165, 1.54) is 0 Å². The van der Waals surface area contributed by atoms with Gasteiger partial charge in [0.1, 0.15) is 5.75 Å². The molecule has 0 saturated carbocycles. The molecule has 3 N–H and O–H groups in total. The van der Waals surface area contributed by atoms with Gasteiger partial charge in [0.05, 0.1) is 6.61 Å². The number of β-amino-alcohol motifs (C(OH)–C–C–N with tert-alkyl or cyclic N) is 1. The number of benzene rings is 2. The van der Waals surface area contributed by atoms with Gasteiger partial charge in [-0.1, -0.05) is 36.9 Å². The number of fused-ring (bicyclic) bond motifs is 1. The Kier molecular flexibility index (Phi) is 11.4. The van der Waals surface area contributed by atoms with E-state index in [4.69, 9.17) is 4.74 Å². The van der Waals surface area contributed by atoms with Gasteiger partial charge in [-0.25, -0.2) is 9.59 Å². The summed E-state index contributed by atoms with van der Waals surface area (Å²) in [6.45, 7) is 9.49. The molecule has 0 unspecified atom stereocenters. The second-order valence-corrected chi connectivity index (χ2v) is 14.0. The molecular formula is C38H51N5O6. The Morgan fingerprint density at radius 2 is 1.59 bits per heavy atom. The first-order valence-corrected chi connectivity index (χ1v) is 18.0. The van der Waals surface area contributed by atoms with Crippen molar-refractivity contribution in [3.05, 3.63) is 65.7 Å². The van der Waals surface area contributed by atoms with Crippen molar-refractivity contribution in [2.24, 2.45) is 11.8 Å². The molecule has 4 aliphatic heterocycles. The number of aromatic hydroxyl groups is 1. The van der Waals surface area contributed by atoms with E-state index in [1.54, 1.807) is 29.2 Å². The summed E-state index contributed by atoms with van der Waals surface area (Å²) < 4.78 is 6.04. The van der Waals surface area contributed by atoms with Crippen LogP contribution in [-0.4, -0.2) is 119 Å². The lowest BCUT2D eigenvalue weighted by Gasteiger charge is -2.41. The number of carbonyl (C=O) groups is 3. The molecule has 6 rings (SSSR count). The van der Waals surface area contributed by atoms with E-state index in [1.807, 2.05) is 34.1 Å². The van der Waals surface area contributed by atoms with Crippen molar-refractivity contribution in [1.82, 2.24) is 19.6 Å². The number of rotatable bonds is 9. The minimum absolute atomic E-state index is 0.00771. The maximum absolute atomic E-state index is 14.0. The highest BCUT2D eigenvalue weighted by molar-refractivity contribution is 5.91. The van der Waals surface area contributed by atoms with E-state index < -0.39 is 12.2 Å². The molecule has 0 aliphatic carbocycles. The molecular weight excluding hydrogens is 622 g/mol. The number of piperidine rings is 3. The molecule has 49 heavy (non-hydrogen) atoms. The molecule has 0 aromatic heterocycles. The summed E-state index contributed by atoms with van der Waals surface area (Å²) in [5.41, 5.74) is 3.30. The maximum Gasteiger partial charge on any atom is 0.410 e. The Bertz CT molecular complexity index is 1480. The summed E-state index contributed by atoms with van der Waals surface area (Å²) in [5.74, 6) is 1.12. The van der Waals surface area contributed by atoms with Gasteiger partial charge in [0.2, 0.25) is 0 Å². The zero-order chi connectivity index (χ0) is 34.3. The maximum atomic E-state index is 14.0. The largest absolute Gasteiger partial charge is 0.507 e. The van der Waals surface area contributed by atoms with Crippen molar-refractivity contribution >= 4 is 29.8 Å². The lowest BCUT2D eigenvalue weighted by molar-refractivity contribution is -0.142. The number of urea groups is 1. The normalized spacial score (nSPS) is 20.7. The van der Waals surface area contributed by atoms with Gasteiger partial charge in [-0.2, -0.15) is 0 Å². The summed E-state index contributed by atoms with van der Waals surface area (Å²) >= 11 is 0. The van der Waals surface area contributed by atoms with Crippen molar-refractivity contribution in [2.45, 2.75) is 63.5 Å². The van der Waals surface area contributed by atoms with E-state index >= 15 is 0 Å². The van der Waals surface area contributed by atoms with Crippen molar-refractivity contribution in [3.8, 4) is 5.75 Å². The molecule has 2 aromatic rings. The molecule has 264 valence electrons. The zero-order valence-electron chi connectivity index (χ0n) is 28.5. The van der Waals surface area contributed by atoms with Crippen LogP contribution >= 0.6 is 0 Å². The van der Waals surface area contributed by atoms with Crippen LogP contribution in [0.15, 0.2) is 49.0 Å². The molecule has 0 spiro atoms. The highest BCUT2D eigenvalue weighted by atomic mass is 16.6. The van der Waals surface area contributed by atoms with Crippen LogP contribution in [0.5, 0.6) is 5.75 Å². The minimum Gasteiger partial charge on any atom is -0.507 e. The molecule has 1 atom stereocenters. The number of nitrogens with zero attached hydrogens (tertiary/aromatic N) is 4. The number of amides is 4. The summed E-state index contributed by atoms with van der Waals surface area (Å²) in [6, 6.07) is 12.9. The van der Waals surface area contributed by atoms with Crippen LogP contribution in [0.25, 0.3) is 6.08 Å². The fourth-order valence-electron chi connectivity index (χ4n) is 8.17. The van der Waals surface area contributed by atoms with E-state index in [2.05, 4.69) is 16.8 Å². The van der Waals surface area contributed by atoms with Crippen molar-refractivity contribution in [2.75, 3.05) is 64.3 Å². The molecule has 4 aliphatic rings. The van der Waals surface area contributed by atoms with Gasteiger partial charge in [-0.05, 0) is 99.2 Å². The van der Waals surface area contributed by atoms with Crippen LogP contribution in [0, 0.1) is 11.8 Å². The molecule has 2 aromatic carbocycles. The number of hydrogen-bond acceptors (Lipinski definition) is 7. The average molecular weight is 674 g/mol. The molecule has 4 amide bonds. The number of likely N-dealkylation sites (tertiary alicyclic amines) is 3. The van der Waals surface area contributed by atoms with Gasteiger partial charge in [0, 0.05) is 63.0 Å². The first-order valence-electron chi connectivity index (χ1n) is 18.0. The number of ether oxygens (including phenoxy) is 1. The van der Waals surface area contributed by atoms with Crippen LogP contribution in [-0.2, 0) is 22.4 Å². The first-order chi connectivity index (χ1) is 23.8. The van der Waals surface area contributed by atoms with E-state index in [0.717, 1.165) is 68.6 Å². The van der Waals surface area contributed by atoms with Gasteiger partial charge < -0.3 is 39.9 Å². The fraction of sp³-hybridized carbons (Fsp3) is 0.553. The predicted octanol–water partition coefficient (Wildman–Crippen LogP) is 4.58. The third kappa shape index (κ3) is 8.38. The van der Waals surface area contributed by atoms with E-state index in [0.29, 0.717) is 63.0 Å². The third-order valence-electron chi connectivity index (χ3n) is 11.1. The number of phenols is 1. The number of anilines is 1. The number of nitrogens with one attached hydrogen (secondary N) is 1. The van der Waals surface area contributed by atoms with Crippen LogP contribution in [0.4, 0.5) is 15.3 Å². The lowest BCUT2D eigenvalue weighted by atomic mass is 9.78. The fourth-order valence-corrected chi connectivity index (χ4v) is 8.17. The van der Waals surface area contributed by atoms with Crippen LogP contribution < -0.4 is 5.32 Å². The monoisotopic (exact) mass is 673 g/mol. The Morgan fingerprint density at radius 1 is 0.918 bits per heavy atom. The molecule has 0 radical (unpaired) electrons. The molecule has 11 heteroatoms. The molecule has 3 saturated heterocycles. The highest BCUT2D eigenvalue weighted by Gasteiger charge is 2.37. The molecule has 3 fully saturated rings. The summed E-state index contributed by atoms with van der Waals surface area (Å²) in [6.07, 6.45) is 6.38. The first kappa shape index (κ1) is 34.8. The highest BCUT2D eigenvalue weighted by Crippen LogP contribution is 2.33. The van der Waals surface area contributed by atoms with Gasteiger partial charge in [-0.3, -0.25) is 4.79 Å². The quantitative estimate of drug-likeness (QED) is 0.356. The lowest BCUT2D eigenvalue weighted by Crippen LogP contribution is -2.52. The number of phenolic OH excluding ortho intramolecular Hbond substituents is 1. The van der Waals surface area contributed by atoms with Gasteiger partial charge in [0.15, 0.2) is 6.10 Å². The second kappa shape index (κ2) is 16.1. The van der Waals surface area contributed by atoms with Crippen LogP contribution in [0.1, 0.15) is 55.2 Å². The SMILES string of the molecule is C=Cc1cc(C[C@@H](OC(=O)N2CCC(N3CCc4ccccc4NC3=O)CC2)C(=O)N2CCC(C3CCN(CCO)CC3)CC2)ccc1O. The van der Waals surface area contributed by atoms with Crippen molar-refractivity contribution in [1.29, 1.82) is 0 Å². The number of hydrogen-bond donors (Lipinski definition) is 3. The van der Waals surface area contributed by atoms with E-state index in [-0.39, 0.29) is 36.8 Å². The smallest absolute Gasteiger partial charge is 0.410 e. The van der Waals surface area contributed by atoms with Crippen LogP contribution in [0.2, 0.25) is 0 Å². The molecule has 4 heterocycles. The number of para-hydroxylation sites is 1. The van der Waals surface area contributed by atoms with E-state index in [9.17, 15) is 24.6 Å². The predicted molar refractivity (Wildman–Crippen MR) is 188 cm³/mol. The van der Waals surface area contributed by atoms with Gasteiger partial charge in [0.25, 0.3) is 5.91 Å². The second-order valence-electron chi connectivity index (χ2n) is 14.0. The summed E-state index contributed by atoms with van der Waals surface area (Å²) in [5, 5.41) is 22.5. The Labute approximate surface area is 289 Å². The zero-order valence-corrected chi connectivity index (χ0v) is 28.5. The third-order valence-corrected chi connectivity index (χ3v) is 11.1. The topological polar surface area (TPSA) is 126 Å².